The first-order valence-electron chi connectivity index (χ1n) is 7.93. The van der Waals surface area contributed by atoms with Gasteiger partial charge < -0.3 is 15.3 Å². The minimum atomic E-state index is -0.806. The third-order valence-corrected chi connectivity index (χ3v) is 3.36. The number of aliphatic hydroxyl groups is 3. The number of unbranched alkanes of at least 4 members (excludes halogenated alkanes) is 7. The van der Waals surface area contributed by atoms with Crippen LogP contribution >= 0.6 is 0 Å². The summed E-state index contributed by atoms with van der Waals surface area (Å²) in [4.78, 5) is 0. The van der Waals surface area contributed by atoms with E-state index in [9.17, 15) is 5.11 Å². The second-order valence-electron chi connectivity index (χ2n) is 5.42. The molecule has 3 N–H and O–H groups in total. The van der Waals surface area contributed by atoms with Gasteiger partial charge in [-0.15, -0.1) is 6.58 Å². The molecular formula is C17H32O3. The summed E-state index contributed by atoms with van der Waals surface area (Å²) in [7, 11) is 0. The monoisotopic (exact) mass is 284 g/mol. The molecule has 20 heavy (non-hydrogen) atoms. The molecule has 0 rings (SSSR count). The molecule has 0 bridgehead atoms. The molecule has 0 aromatic rings. The van der Waals surface area contributed by atoms with E-state index in [4.69, 9.17) is 10.2 Å². The highest BCUT2D eigenvalue weighted by Gasteiger charge is 2.08. The summed E-state index contributed by atoms with van der Waals surface area (Å²) < 4.78 is 0. The molecule has 0 aliphatic carbocycles. The number of aliphatic hydroxyl groups excluding tert-OH is 3. The Bertz CT molecular complexity index is 238. The van der Waals surface area contributed by atoms with Gasteiger partial charge in [-0.05, 0) is 32.1 Å². The summed E-state index contributed by atoms with van der Waals surface area (Å²) in [6, 6.07) is 0. The van der Waals surface area contributed by atoms with Gasteiger partial charge in [-0.3, -0.25) is 0 Å². The lowest BCUT2D eigenvalue weighted by atomic mass is 10.1. The van der Waals surface area contributed by atoms with E-state index in [1.807, 2.05) is 12.2 Å². The van der Waals surface area contributed by atoms with Gasteiger partial charge in [0.15, 0.2) is 0 Å². The molecule has 0 aliphatic heterocycles. The minimum absolute atomic E-state index is 0.242. The average Bonchev–Trinajstić information content (AvgIpc) is 2.44. The lowest BCUT2D eigenvalue weighted by molar-refractivity contribution is 0.0428. The van der Waals surface area contributed by atoms with Crippen LogP contribution in [0.25, 0.3) is 0 Å². The molecule has 0 amide bonds. The van der Waals surface area contributed by atoms with Crippen molar-refractivity contribution in [2.45, 2.75) is 76.4 Å². The van der Waals surface area contributed by atoms with Crippen LogP contribution in [0.1, 0.15) is 64.2 Å². The Morgan fingerprint density at radius 1 is 0.800 bits per heavy atom. The molecule has 2 atom stereocenters. The highest BCUT2D eigenvalue weighted by molar-refractivity contribution is 4.84. The Labute approximate surface area is 124 Å². The molecule has 0 aliphatic rings. The van der Waals surface area contributed by atoms with Crippen molar-refractivity contribution in [1.82, 2.24) is 0 Å². The molecule has 0 fully saturated rings. The number of allylic oxidation sites excluding steroid dienone is 2. The average molecular weight is 284 g/mol. The molecule has 0 spiro atoms. The van der Waals surface area contributed by atoms with Crippen molar-refractivity contribution in [3.63, 3.8) is 0 Å². The van der Waals surface area contributed by atoms with Crippen molar-refractivity contribution in [3.8, 4) is 0 Å². The fourth-order valence-corrected chi connectivity index (χ4v) is 2.11. The van der Waals surface area contributed by atoms with Crippen LogP contribution in [0.15, 0.2) is 24.8 Å². The summed E-state index contributed by atoms with van der Waals surface area (Å²) in [5, 5.41) is 27.4. The molecular weight excluding hydrogens is 252 g/mol. The van der Waals surface area contributed by atoms with Crippen LogP contribution in [0, 0.1) is 0 Å². The van der Waals surface area contributed by atoms with Crippen LogP contribution in [0.2, 0.25) is 0 Å². The Hall–Kier alpha value is -0.640. The third-order valence-electron chi connectivity index (χ3n) is 3.36. The molecule has 3 heteroatoms. The van der Waals surface area contributed by atoms with Gasteiger partial charge in [-0.1, -0.05) is 43.9 Å². The van der Waals surface area contributed by atoms with Crippen molar-refractivity contribution in [2.24, 2.45) is 0 Å². The van der Waals surface area contributed by atoms with Crippen molar-refractivity contribution >= 4 is 0 Å². The Kier molecular flexibility index (Phi) is 14.3. The largest absolute Gasteiger partial charge is 0.394 e. The van der Waals surface area contributed by atoms with Gasteiger partial charge in [0.05, 0.1) is 18.8 Å². The second-order valence-corrected chi connectivity index (χ2v) is 5.42. The van der Waals surface area contributed by atoms with Gasteiger partial charge in [0.25, 0.3) is 0 Å². The van der Waals surface area contributed by atoms with E-state index < -0.39 is 12.2 Å². The van der Waals surface area contributed by atoms with Crippen LogP contribution in [0.5, 0.6) is 0 Å². The van der Waals surface area contributed by atoms with Gasteiger partial charge in [-0.2, -0.15) is 0 Å². The van der Waals surface area contributed by atoms with E-state index >= 15 is 0 Å². The lowest BCUT2D eigenvalue weighted by Crippen LogP contribution is -2.20. The standard InChI is InChI=1S/C17H32O3/c1-2-3-4-5-6-7-8-9-10-11-12-13-16(19)14-17(20)15-18/h2,11-12,16-20H,1,3-10,13-15H2/b12-11+/t16-,17+/m1/s1. The van der Waals surface area contributed by atoms with E-state index in [-0.39, 0.29) is 13.0 Å². The van der Waals surface area contributed by atoms with Crippen LogP contribution < -0.4 is 0 Å². The zero-order chi connectivity index (χ0) is 15.1. The predicted octanol–water partition coefficient (Wildman–Crippen LogP) is 3.34. The van der Waals surface area contributed by atoms with Gasteiger partial charge >= 0.3 is 0 Å². The van der Waals surface area contributed by atoms with Crippen molar-refractivity contribution in [3.05, 3.63) is 24.8 Å². The summed E-state index contributed by atoms with van der Waals surface area (Å²) >= 11 is 0. The highest BCUT2D eigenvalue weighted by atomic mass is 16.3. The number of hydrogen-bond donors (Lipinski definition) is 3. The first-order chi connectivity index (χ1) is 9.70. The maximum Gasteiger partial charge on any atom is 0.0795 e. The third kappa shape index (κ3) is 13.8. The molecule has 0 saturated heterocycles. The zero-order valence-electron chi connectivity index (χ0n) is 12.7. The maximum absolute atomic E-state index is 9.56. The fourth-order valence-electron chi connectivity index (χ4n) is 2.11. The molecule has 0 saturated carbocycles. The van der Waals surface area contributed by atoms with E-state index in [0.29, 0.717) is 6.42 Å². The SMILES string of the molecule is C=CCCCCCCCC/C=C/C[C@@H](O)C[C@H](O)CO. The van der Waals surface area contributed by atoms with Crippen LogP contribution in [-0.2, 0) is 0 Å². The molecule has 118 valence electrons. The maximum atomic E-state index is 9.56. The molecule has 3 nitrogen and oxygen atoms in total. The topological polar surface area (TPSA) is 60.7 Å². The second kappa shape index (κ2) is 14.8. The summed E-state index contributed by atoms with van der Waals surface area (Å²) in [6.07, 6.45) is 15.3. The Morgan fingerprint density at radius 2 is 1.40 bits per heavy atom. The molecule has 0 aromatic carbocycles. The Morgan fingerprint density at radius 3 is 2.00 bits per heavy atom. The quantitative estimate of drug-likeness (QED) is 0.339. The normalized spacial score (nSPS) is 14.6. The molecule has 0 heterocycles. The van der Waals surface area contributed by atoms with Gasteiger partial charge in [0.2, 0.25) is 0 Å². The van der Waals surface area contributed by atoms with Crippen molar-refractivity contribution in [1.29, 1.82) is 0 Å². The van der Waals surface area contributed by atoms with E-state index in [1.54, 1.807) is 0 Å². The molecule has 0 radical (unpaired) electrons. The number of hydrogen-bond acceptors (Lipinski definition) is 3. The summed E-state index contributed by atoms with van der Waals surface area (Å²) in [5.74, 6) is 0. The zero-order valence-corrected chi connectivity index (χ0v) is 12.7. The van der Waals surface area contributed by atoms with E-state index in [0.717, 1.165) is 12.8 Å². The molecule has 0 unspecified atom stereocenters. The predicted molar refractivity (Wildman–Crippen MR) is 84.6 cm³/mol. The molecule has 0 aromatic heterocycles. The smallest absolute Gasteiger partial charge is 0.0795 e. The van der Waals surface area contributed by atoms with Crippen LogP contribution in [-0.4, -0.2) is 34.1 Å². The summed E-state index contributed by atoms with van der Waals surface area (Å²) in [6.45, 7) is 3.43. The van der Waals surface area contributed by atoms with Gasteiger partial charge in [0.1, 0.15) is 0 Å². The van der Waals surface area contributed by atoms with Crippen molar-refractivity contribution in [2.75, 3.05) is 6.61 Å². The number of rotatable bonds is 14. The van der Waals surface area contributed by atoms with Crippen molar-refractivity contribution < 1.29 is 15.3 Å². The first kappa shape index (κ1) is 19.4. The van der Waals surface area contributed by atoms with E-state index in [1.165, 1.54) is 38.5 Å². The lowest BCUT2D eigenvalue weighted by Gasteiger charge is -2.11. The van der Waals surface area contributed by atoms with Crippen LogP contribution in [0.3, 0.4) is 0 Å². The van der Waals surface area contributed by atoms with E-state index in [2.05, 4.69) is 12.7 Å². The minimum Gasteiger partial charge on any atom is -0.394 e. The van der Waals surface area contributed by atoms with Gasteiger partial charge in [-0.25, -0.2) is 0 Å². The Balaban J connectivity index is 3.29. The van der Waals surface area contributed by atoms with Crippen LogP contribution in [0.4, 0.5) is 0 Å². The fraction of sp³-hybridized carbons (Fsp3) is 0.765. The first-order valence-corrected chi connectivity index (χ1v) is 7.93. The van der Waals surface area contributed by atoms with Gasteiger partial charge in [0, 0.05) is 6.42 Å². The summed E-state index contributed by atoms with van der Waals surface area (Å²) in [5.41, 5.74) is 0. The highest BCUT2D eigenvalue weighted by Crippen LogP contribution is 2.09.